The van der Waals surface area contributed by atoms with Crippen molar-refractivity contribution in [1.29, 1.82) is 5.26 Å². The van der Waals surface area contributed by atoms with Crippen LogP contribution in [0.1, 0.15) is 48.6 Å². The third kappa shape index (κ3) is 2.69. The van der Waals surface area contributed by atoms with E-state index in [2.05, 4.69) is 15.4 Å². The Labute approximate surface area is 138 Å². The van der Waals surface area contributed by atoms with Gasteiger partial charge in [-0.1, -0.05) is 18.0 Å². The number of hydrogen-bond acceptors (Lipinski definition) is 7. The molecule has 2 heterocycles. The van der Waals surface area contributed by atoms with Crippen molar-refractivity contribution in [2.24, 2.45) is 10.2 Å². The molecule has 124 valence electrons. The lowest BCUT2D eigenvalue weighted by Gasteiger charge is -2.18. The maximum Gasteiger partial charge on any atom is 0.281 e. The van der Waals surface area contributed by atoms with Gasteiger partial charge in [0.2, 0.25) is 11.7 Å². The molecule has 0 atom stereocenters. The van der Waals surface area contributed by atoms with Crippen LogP contribution in [-0.2, 0) is 0 Å². The summed E-state index contributed by atoms with van der Waals surface area (Å²) in [7, 11) is 0. The molecule has 0 saturated heterocycles. The molecule has 0 radical (unpaired) electrons. The summed E-state index contributed by atoms with van der Waals surface area (Å²) in [5.74, 6) is 0.529. The SMILES string of the molecule is Cc1cc(N=Nc2c(C)c(C#N)c(O)n(C3CCCC3)c2=O)no1. The molecule has 1 aliphatic carbocycles. The Balaban J connectivity index is 2.14. The van der Waals surface area contributed by atoms with Crippen molar-refractivity contribution in [3.63, 3.8) is 0 Å². The highest BCUT2D eigenvalue weighted by molar-refractivity contribution is 5.56. The second-order valence-electron chi connectivity index (χ2n) is 5.89. The number of nitrogens with zero attached hydrogens (tertiary/aromatic N) is 5. The summed E-state index contributed by atoms with van der Waals surface area (Å²) in [6, 6.07) is 3.42. The highest BCUT2D eigenvalue weighted by Gasteiger charge is 2.26. The number of aromatic hydroxyl groups is 1. The van der Waals surface area contributed by atoms with Crippen molar-refractivity contribution in [3.05, 3.63) is 33.3 Å². The first-order valence-electron chi connectivity index (χ1n) is 7.76. The Kier molecular flexibility index (Phi) is 4.16. The van der Waals surface area contributed by atoms with E-state index in [4.69, 9.17) is 4.52 Å². The lowest BCUT2D eigenvalue weighted by molar-refractivity contribution is 0.368. The van der Waals surface area contributed by atoms with Gasteiger partial charge in [0.05, 0.1) is 0 Å². The fraction of sp³-hybridized carbons (Fsp3) is 0.438. The van der Waals surface area contributed by atoms with Crippen LogP contribution >= 0.6 is 0 Å². The molecule has 1 fully saturated rings. The van der Waals surface area contributed by atoms with Gasteiger partial charge in [0.25, 0.3) is 5.56 Å². The monoisotopic (exact) mass is 327 g/mol. The van der Waals surface area contributed by atoms with E-state index in [1.165, 1.54) is 4.57 Å². The minimum atomic E-state index is -0.445. The number of pyridine rings is 1. The first kappa shape index (κ1) is 15.9. The predicted octanol–water partition coefficient (Wildman–Crippen LogP) is 3.56. The number of hydrogen-bond donors (Lipinski definition) is 1. The van der Waals surface area contributed by atoms with Gasteiger partial charge in [-0.15, -0.1) is 10.2 Å². The molecule has 0 aromatic carbocycles. The summed E-state index contributed by atoms with van der Waals surface area (Å²) in [6.45, 7) is 3.29. The minimum absolute atomic E-state index is 0.0388. The number of aryl methyl sites for hydroxylation is 1. The maximum atomic E-state index is 12.8. The van der Waals surface area contributed by atoms with Crippen LogP contribution < -0.4 is 5.56 Å². The largest absolute Gasteiger partial charge is 0.493 e. The van der Waals surface area contributed by atoms with Crippen LogP contribution in [0, 0.1) is 25.2 Å². The molecule has 0 bridgehead atoms. The minimum Gasteiger partial charge on any atom is -0.493 e. The van der Waals surface area contributed by atoms with E-state index in [1.54, 1.807) is 19.9 Å². The topological polar surface area (TPSA) is 117 Å². The normalized spacial score (nSPS) is 15.2. The van der Waals surface area contributed by atoms with Crippen LogP contribution in [-0.4, -0.2) is 14.8 Å². The molecule has 0 amide bonds. The molecule has 0 unspecified atom stereocenters. The molecular weight excluding hydrogens is 310 g/mol. The fourth-order valence-corrected chi connectivity index (χ4v) is 3.03. The van der Waals surface area contributed by atoms with Crippen LogP contribution in [0.25, 0.3) is 0 Å². The van der Waals surface area contributed by atoms with E-state index < -0.39 is 5.56 Å². The number of nitriles is 1. The Morgan fingerprint density at radius 1 is 1.38 bits per heavy atom. The van der Waals surface area contributed by atoms with Crippen LogP contribution in [0.15, 0.2) is 25.6 Å². The van der Waals surface area contributed by atoms with E-state index in [0.29, 0.717) is 11.3 Å². The smallest absolute Gasteiger partial charge is 0.281 e. The third-order valence-corrected chi connectivity index (χ3v) is 4.27. The average Bonchev–Trinajstić information content (AvgIpc) is 3.20. The molecule has 1 N–H and O–H groups in total. The molecule has 3 rings (SSSR count). The van der Waals surface area contributed by atoms with Crippen molar-refractivity contribution in [2.75, 3.05) is 0 Å². The van der Waals surface area contributed by atoms with Gasteiger partial charge in [0, 0.05) is 17.7 Å². The standard InChI is InChI=1S/C16H17N5O3/c1-9-7-13(20-24-9)18-19-14-10(2)12(8-17)15(22)21(16(14)23)11-5-3-4-6-11/h7,11,22H,3-6H2,1-2H3. The Morgan fingerprint density at radius 2 is 2.08 bits per heavy atom. The maximum absolute atomic E-state index is 12.8. The fourth-order valence-electron chi connectivity index (χ4n) is 3.03. The first-order valence-corrected chi connectivity index (χ1v) is 7.76. The van der Waals surface area contributed by atoms with E-state index in [9.17, 15) is 15.2 Å². The second kappa shape index (κ2) is 6.28. The number of azo groups is 1. The van der Waals surface area contributed by atoms with E-state index >= 15 is 0 Å². The van der Waals surface area contributed by atoms with Gasteiger partial charge in [0.15, 0.2) is 5.69 Å². The van der Waals surface area contributed by atoms with Crippen LogP contribution in [0.5, 0.6) is 5.88 Å². The highest BCUT2D eigenvalue weighted by atomic mass is 16.5. The molecule has 8 heteroatoms. The summed E-state index contributed by atoms with van der Waals surface area (Å²) in [4.78, 5) is 12.8. The van der Waals surface area contributed by atoms with Crippen molar-refractivity contribution in [1.82, 2.24) is 9.72 Å². The summed E-state index contributed by atoms with van der Waals surface area (Å²) in [5, 5.41) is 31.3. The van der Waals surface area contributed by atoms with Gasteiger partial charge in [-0.25, -0.2) is 0 Å². The Hall–Kier alpha value is -2.95. The van der Waals surface area contributed by atoms with Crippen LogP contribution in [0.3, 0.4) is 0 Å². The van der Waals surface area contributed by atoms with Gasteiger partial charge >= 0.3 is 0 Å². The molecule has 8 nitrogen and oxygen atoms in total. The number of rotatable bonds is 3. The number of aromatic nitrogens is 2. The van der Waals surface area contributed by atoms with Crippen molar-refractivity contribution in [2.45, 2.75) is 45.6 Å². The summed E-state index contributed by atoms with van der Waals surface area (Å²) >= 11 is 0. The molecule has 0 spiro atoms. The predicted molar refractivity (Wildman–Crippen MR) is 84.7 cm³/mol. The van der Waals surface area contributed by atoms with Crippen molar-refractivity contribution in [3.8, 4) is 11.9 Å². The van der Waals surface area contributed by atoms with Crippen LogP contribution in [0.2, 0.25) is 0 Å². The molecular formula is C16H17N5O3. The molecule has 1 saturated carbocycles. The van der Waals surface area contributed by atoms with Gasteiger partial charge in [-0.3, -0.25) is 9.36 Å². The second-order valence-corrected chi connectivity index (χ2v) is 5.89. The zero-order valence-electron chi connectivity index (χ0n) is 13.5. The van der Waals surface area contributed by atoms with E-state index in [-0.39, 0.29) is 29.0 Å². The van der Waals surface area contributed by atoms with Gasteiger partial charge in [0.1, 0.15) is 17.4 Å². The molecule has 2 aromatic heterocycles. The molecule has 1 aliphatic rings. The van der Waals surface area contributed by atoms with Crippen LogP contribution in [0.4, 0.5) is 11.5 Å². The summed E-state index contributed by atoms with van der Waals surface area (Å²) < 4.78 is 6.18. The summed E-state index contributed by atoms with van der Waals surface area (Å²) in [5.41, 5.74) is -0.0539. The molecule has 24 heavy (non-hydrogen) atoms. The lowest BCUT2D eigenvalue weighted by Crippen LogP contribution is -2.24. The zero-order chi connectivity index (χ0) is 17.3. The Bertz CT molecular complexity index is 898. The van der Waals surface area contributed by atoms with Gasteiger partial charge < -0.3 is 9.63 Å². The third-order valence-electron chi connectivity index (χ3n) is 4.27. The van der Waals surface area contributed by atoms with Crippen molar-refractivity contribution < 1.29 is 9.63 Å². The zero-order valence-corrected chi connectivity index (χ0v) is 13.5. The Morgan fingerprint density at radius 3 is 2.67 bits per heavy atom. The van der Waals surface area contributed by atoms with E-state index in [1.807, 2.05) is 6.07 Å². The average molecular weight is 327 g/mol. The molecule has 0 aliphatic heterocycles. The van der Waals surface area contributed by atoms with E-state index in [0.717, 1.165) is 25.7 Å². The molecule has 2 aromatic rings. The quantitative estimate of drug-likeness (QED) is 0.865. The van der Waals surface area contributed by atoms with Crippen molar-refractivity contribution >= 4 is 11.5 Å². The highest BCUT2D eigenvalue weighted by Crippen LogP contribution is 2.35. The van der Waals surface area contributed by atoms with Gasteiger partial charge in [-0.05, 0) is 26.7 Å². The summed E-state index contributed by atoms with van der Waals surface area (Å²) in [6.07, 6.45) is 3.56. The van der Waals surface area contributed by atoms with Gasteiger partial charge in [-0.2, -0.15) is 5.26 Å². The first-order chi connectivity index (χ1) is 11.5. The lowest BCUT2D eigenvalue weighted by atomic mass is 10.1.